The Kier molecular flexibility index (Phi) is 68.4. The average Bonchev–Trinajstić information content (AvgIpc) is 1.30. The molecule has 19 heteroatoms. The number of ether oxygens (including phenoxy) is 4. The Hall–Kier alpha value is -1.94. The van der Waals surface area contributed by atoms with Gasteiger partial charge in [0, 0.05) is 25.7 Å². The maximum Gasteiger partial charge on any atom is 0.472 e. The Bertz CT molecular complexity index is 1870. The summed E-state index contributed by atoms with van der Waals surface area (Å²) in [6, 6.07) is 0. The fourth-order valence-corrected chi connectivity index (χ4v) is 13.6. The van der Waals surface area contributed by atoms with Crippen molar-refractivity contribution in [3.05, 3.63) is 0 Å². The first-order valence-electron chi connectivity index (χ1n) is 40.5. The predicted molar refractivity (Wildman–Crippen MR) is 395 cm³/mol. The molecule has 97 heavy (non-hydrogen) atoms. The molecule has 2 unspecified atom stereocenters. The molecule has 3 N–H and O–H groups in total. The van der Waals surface area contributed by atoms with E-state index in [4.69, 9.17) is 37.0 Å². The maximum atomic E-state index is 13.1. The van der Waals surface area contributed by atoms with E-state index in [9.17, 15) is 43.2 Å². The van der Waals surface area contributed by atoms with Crippen molar-refractivity contribution in [2.24, 2.45) is 11.8 Å². The first-order chi connectivity index (χ1) is 46.9. The monoisotopic (exact) mass is 1420 g/mol. The Labute approximate surface area is 594 Å². The zero-order valence-corrected chi connectivity index (χ0v) is 65.2. The van der Waals surface area contributed by atoms with Gasteiger partial charge in [-0.05, 0) is 37.5 Å². The third kappa shape index (κ3) is 72.2. The molecule has 576 valence electrons. The van der Waals surface area contributed by atoms with Crippen LogP contribution in [0.3, 0.4) is 0 Å². The third-order valence-corrected chi connectivity index (χ3v) is 20.1. The first-order valence-corrected chi connectivity index (χ1v) is 43.5. The maximum absolute atomic E-state index is 13.1. The van der Waals surface area contributed by atoms with E-state index < -0.39 is 97.5 Å². The van der Waals surface area contributed by atoms with Gasteiger partial charge in [-0.25, -0.2) is 9.13 Å². The van der Waals surface area contributed by atoms with Crippen LogP contribution < -0.4 is 0 Å². The van der Waals surface area contributed by atoms with Gasteiger partial charge in [0.15, 0.2) is 12.2 Å². The van der Waals surface area contributed by atoms with Crippen molar-refractivity contribution in [3.63, 3.8) is 0 Å². The molecule has 0 saturated heterocycles. The van der Waals surface area contributed by atoms with Gasteiger partial charge in [0.1, 0.15) is 19.3 Å². The minimum absolute atomic E-state index is 0.107. The van der Waals surface area contributed by atoms with Crippen LogP contribution in [0.15, 0.2) is 0 Å². The molecule has 0 spiro atoms. The molecular weight excluding hydrogens is 1270 g/mol. The summed E-state index contributed by atoms with van der Waals surface area (Å²) in [4.78, 5) is 72.9. The lowest BCUT2D eigenvalue weighted by Gasteiger charge is -2.21. The smallest absolute Gasteiger partial charge is 0.462 e. The Balaban J connectivity index is 5.25. The highest BCUT2D eigenvalue weighted by atomic mass is 31.2. The summed E-state index contributed by atoms with van der Waals surface area (Å²) < 4.78 is 68.6. The molecule has 0 amide bonds. The molecule has 0 saturated carbocycles. The summed E-state index contributed by atoms with van der Waals surface area (Å²) in [5, 5.41) is 10.6. The molecule has 0 aromatic heterocycles. The summed E-state index contributed by atoms with van der Waals surface area (Å²) in [7, 11) is -9.91. The van der Waals surface area contributed by atoms with Crippen LogP contribution in [0.25, 0.3) is 0 Å². The third-order valence-electron chi connectivity index (χ3n) is 18.2. The Morgan fingerprint density at radius 2 is 0.474 bits per heavy atom. The minimum Gasteiger partial charge on any atom is -0.462 e. The molecule has 0 aromatic carbocycles. The Morgan fingerprint density at radius 1 is 0.278 bits per heavy atom. The molecule has 17 nitrogen and oxygen atoms in total. The number of unbranched alkanes of at least 4 members (excludes halogenated alkanes) is 47. The molecule has 5 atom stereocenters. The average molecular weight is 1420 g/mol. The fraction of sp³-hybridized carbons (Fsp3) is 0.949. The van der Waals surface area contributed by atoms with Crippen LogP contribution in [0.1, 0.15) is 408 Å². The number of hydrogen-bond donors (Lipinski definition) is 3. The number of esters is 4. The molecule has 0 fully saturated rings. The number of phosphoric acid groups is 2. The molecule has 0 bridgehead atoms. The van der Waals surface area contributed by atoms with Crippen LogP contribution in [0.5, 0.6) is 0 Å². The van der Waals surface area contributed by atoms with E-state index in [1.54, 1.807) is 0 Å². The summed E-state index contributed by atoms with van der Waals surface area (Å²) >= 11 is 0. The van der Waals surface area contributed by atoms with Gasteiger partial charge in [-0.15, -0.1) is 0 Å². The van der Waals surface area contributed by atoms with Crippen LogP contribution in [0, 0.1) is 11.8 Å². The Morgan fingerprint density at radius 3 is 0.701 bits per heavy atom. The van der Waals surface area contributed by atoms with E-state index in [0.29, 0.717) is 31.6 Å². The van der Waals surface area contributed by atoms with Crippen molar-refractivity contribution in [1.29, 1.82) is 0 Å². The second-order valence-electron chi connectivity index (χ2n) is 29.1. The molecule has 0 rings (SSSR count). The van der Waals surface area contributed by atoms with Crippen LogP contribution in [-0.4, -0.2) is 96.7 Å². The van der Waals surface area contributed by atoms with Gasteiger partial charge in [-0.1, -0.05) is 356 Å². The predicted octanol–water partition coefficient (Wildman–Crippen LogP) is 23.1. The van der Waals surface area contributed by atoms with Crippen molar-refractivity contribution in [2.45, 2.75) is 426 Å². The van der Waals surface area contributed by atoms with E-state index >= 15 is 0 Å². The van der Waals surface area contributed by atoms with Gasteiger partial charge in [-0.2, -0.15) is 0 Å². The standard InChI is InChI=1S/C78H152O17P2/c1-7-9-11-13-15-17-19-21-23-25-28-32-36-42-48-54-60-75(80)88-66-73(94-77(82)63-57-51-44-38-34-30-26-27-31-35-40-46-52-58-70(3)4)68-92-96(84,85)90-64-72(79)65-91-97(86,87)93-69-74(67-89-76(81)61-55-49-45-39-41-47-53-59-71(5)6)95-78(83)62-56-50-43-37-33-29-24-22-20-18-16-14-12-10-8-2/h70-74,79H,7-69H2,1-6H3,(H,84,85)(H,86,87)/t72-,73-,74-/m1/s1. The zero-order valence-electron chi connectivity index (χ0n) is 63.4. The summed E-state index contributed by atoms with van der Waals surface area (Å²) in [5.74, 6) is -0.620. The largest absolute Gasteiger partial charge is 0.472 e. The van der Waals surface area contributed by atoms with Gasteiger partial charge < -0.3 is 33.8 Å². The molecular formula is C78H152O17P2. The van der Waals surface area contributed by atoms with Crippen molar-refractivity contribution in [2.75, 3.05) is 39.6 Å². The van der Waals surface area contributed by atoms with E-state index in [2.05, 4.69) is 41.5 Å². The van der Waals surface area contributed by atoms with Gasteiger partial charge >= 0.3 is 39.5 Å². The highest BCUT2D eigenvalue weighted by Gasteiger charge is 2.30. The number of carbonyl (C=O) groups is 4. The second-order valence-corrected chi connectivity index (χ2v) is 32.0. The number of carbonyl (C=O) groups excluding carboxylic acids is 4. The normalized spacial score (nSPS) is 14.0. The van der Waals surface area contributed by atoms with Crippen molar-refractivity contribution in [1.82, 2.24) is 0 Å². The van der Waals surface area contributed by atoms with Crippen LogP contribution in [-0.2, 0) is 65.4 Å². The van der Waals surface area contributed by atoms with E-state index in [-0.39, 0.29) is 25.7 Å². The molecule has 0 aliphatic heterocycles. The van der Waals surface area contributed by atoms with Crippen LogP contribution >= 0.6 is 15.6 Å². The van der Waals surface area contributed by atoms with E-state index in [1.807, 2.05) is 0 Å². The molecule has 0 aliphatic carbocycles. The SMILES string of the molecule is CCCCCCCCCCCCCCCCCCC(=O)OC[C@H](COP(=O)(O)OC[C@@H](O)COP(=O)(O)OC[C@@H](COC(=O)CCCCCCCCCC(C)C)OC(=O)CCCCCCCCCCCCCCCCC)OC(=O)CCCCCCCCCCCCCCCC(C)C. The van der Waals surface area contributed by atoms with Gasteiger partial charge in [-0.3, -0.25) is 37.3 Å². The van der Waals surface area contributed by atoms with Crippen LogP contribution in [0.4, 0.5) is 0 Å². The van der Waals surface area contributed by atoms with Gasteiger partial charge in [0.25, 0.3) is 0 Å². The van der Waals surface area contributed by atoms with Crippen molar-refractivity contribution >= 4 is 39.5 Å². The van der Waals surface area contributed by atoms with Crippen molar-refractivity contribution < 1.29 is 80.2 Å². The van der Waals surface area contributed by atoms with Gasteiger partial charge in [0.05, 0.1) is 26.4 Å². The van der Waals surface area contributed by atoms with Gasteiger partial charge in [0.2, 0.25) is 0 Å². The highest BCUT2D eigenvalue weighted by Crippen LogP contribution is 2.45. The lowest BCUT2D eigenvalue weighted by atomic mass is 10.0. The zero-order chi connectivity index (χ0) is 71.4. The lowest BCUT2D eigenvalue weighted by Crippen LogP contribution is -2.30. The van der Waals surface area contributed by atoms with E-state index in [1.165, 1.54) is 218 Å². The quantitative estimate of drug-likeness (QED) is 0.0222. The molecule has 0 aromatic rings. The first kappa shape index (κ1) is 95.1. The van der Waals surface area contributed by atoms with E-state index in [0.717, 1.165) is 102 Å². The molecule has 0 radical (unpaired) electrons. The van der Waals surface area contributed by atoms with Crippen LogP contribution in [0.2, 0.25) is 0 Å². The number of aliphatic hydroxyl groups is 1. The number of phosphoric ester groups is 2. The summed E-state index contributed by atoms with van der Waals surface area (Å²) in [6.45, 7) is 9.58. The topological polar surface area (TPSA) is 237 Å². The number of hydrogen-bond acceptors (Lipinski definition) is 15. The minimum atomic E-state index is -4.96. The summed E-state index contributed by atoms with van der Waals surface area (Å²) in [6.07, 6.45) is 58.2. The molecule has 0 aliphatic rings. The summed E-state index contributed by atoms with van der Waals surface area (Å²) in [5.41, 5.74) is 0. The fourth-order valence-electron chi connectivity index (χ4n) is 12.0. The molecule has 0 heterocycles. The number of rotatable bonds is 77. The lowest BCUT2D eigenvalue weighted by molar-refractivity contribution is -0.161. The second kappa shape index (κ2) is 69.8. The highest BCUT2D eigenvalue weighted by molar-refractivity contribution is 7.47. The number of aliphatic hydroxyl groups excluding tert-OH is 1. The van der Waals surface area contributed by atoms with Crippen molar-refractivity contribution in [3.8, 4) is 0 Å².